The van der Waals surface area contributed by atoms with Gasteiger partial charge >= 0.3 is 0 Å². The summed E-state index contributed by atoms with van der Waals surface area (Å²) in [6.45, 7) is 6.02. The molecule has 2 unspecified atom stereocenters. The van der Waals surface area contributed by atoms with Crippen LogP contribution >= 0.6 is 12.4 Å². The molecule has 24 heavy (non-hydrogen) atoms. The molecule has 0 radical (unpaired) electrons. The summed E-state index contributed by atoms with van der Waals surface area (Å²) in [4.78, 5) is 24.3. The topological polar surface area (TPSA) is 84.2 Å². The van der Waals surface area contributed by atoms with E-state index >= 15 is 0 Å². The maximum atomic E-state index is 12.2. The molecule has 1 aliphatic rings. The van der Waals surface area contributed by atoms with Crippen molar-refractivity contribution >= 4 is 29.9 Å². The standard InChI is InChI=1S/C18H27N3O2.ClH/c1-4-18(2,3)21-17(23)12-6-9-15(10-7-12)20-16(22)13-5-8-14(19)11-13;/h6-7,9-10,13-14H,4-5,8,11,19H2,1-3H3,(H,20,22)(H,21,23);1H. The van der Waals surface area contributed by atoms with Gasteiger partial charge in [0.15, 0.2) is 0 Å². The number of nitrogens with two attached hydrogens (primary N) is 1. The largest absolute Gasteiger partial charge is 0.347 e. The molecule has 0 heterocycles. The first kappa shape index (κ1) is 20.5. The normalized spacial score (nSPS) is 20.2. The van der Waals surface area contributed by atoms with E-state index < -0.39 is 0 Å². The molecule has 1 fully saturated rings. The van der Waals surface area contributed by atoms with E-state index in [1.54, 1.807) is 24.3 Å². The second-order valence-corrected chi connectivity index (χ2v) is 7.03. The molecule has 5 nitrogen and oxygen atoms in total. The summed E-state index contributed by atoms with van der Waals surface area (Å²) < 4.78 is 0. The fraction of sp³-hybridized carbons (Fsp3) is 0.556. The molecule has 1 aromatic carbocycles. The average molecular weight is 354 g/mol. The average Bonchev–Trinajstić information content (AvgIpc) is 2.94. The minimum Gasteiger partial charge on any atom is -0.347 e. The van der Waals surface area contributed by atoms with Gasteiger partial charge in [-0.05, 0) is 63.8 Å². The Morgan fingerprint density at radius 3 is 2.33 bits per heavy atom. The predicted octanol–water partition coefficient (Wildman–Crippen LogP) is 3.09. The van der Waals surface area contributed by atoms with Crippen molar-refractivity contribution in [3.63, 3.8) is 0 Å². The Bertz CT molecular complexity index is 572. The van der Waals surface area contributed by atoms with Gasteiger partial charge in [-0.25, -0.2) is 0 Å². The van der Waals surface area contributed by atoms with Crippen molar-refractivity contribution in [2.75, 3.05) is 5.32 Å². The summed E-state index contributed by atoms with van der Waals surface area (Å²) in [5.41, 5.74) is 6.92. The van der Waals surface area contributed by atoms with Crippen LogP contribution in [-0.2, 0) is 4.79 Å². The molecule has 4 N–H and O–H groups in total. The molecule has 6 heteroatoms. The lowest BCUT2D eigenvalue weighted by Gasteiger charge is -2.24. The number of carbonyl (C=O) groups excluding carboxylic acids is 2. The fourth-order valence-corrected chi connectivity index (χ4v) is 2.67. The second-order valence-electron chi connectivity index (χ2n) is 7.03. The summed E-state index contributed by atoms with van der Waals surface area (Å²) in [5.74, 6) is -0.0860. The molecular weight excluding hydrogens is 326 g/mol. The number of benzene rings is 1. The van der Waals surface area contributed by atoms with Crippen LogP contribution in [0.25, 0.3) is 0 Å². The molecule has 0 spiro atoms. The third kappa shape index (κ3) is 5.49. The minimum atomic E-state index is -0.231. The number of hydrogen-bond acceptors (Lipinski definition) is 3. The van der Waals surface area contributed by atoms with Gasteiger partial charge in [0, 0.05) is 28.7 Å². The zero-order valence-electron chi connectivity index (χ0n) is 14.6. The van der Waals surface area contributed by atoms with Crippen LogP contribution in [0.2, 0.25) is 0 Å². The highest BCUT2D eigenvalue weighted by Gasteiger charge is 2.27. The van der Waals surface area contributed by atoms with Crippen LogP contribution in [0.15, 0.2) is 24.3 Å². The van der Waals surface area contributed by atoms with E-state index in [9.17, 15) is 9.59 Å². The summed E-state index contributed by atoms with van der Waals surface area (Å²) >= 11 is 0. The van der Waals surface area contributed by atoms with E-state index in [1.165, 1.54) is 0 Å². The van der Waals surface area contributed by atoms with E-state index in [2.05, 4.69) is 10.6 Å². The Morgan fingerprint density at radius 2 is 1.83 bits per heavy atom. The second kappa shape index (κ2) is 8.49. The maximum Gasteiger partial charge on any atom is 0.251 e. The van der Waals surface area contributed by atoms with Crippen LogP contribution in [0.3, 0.4) is 0 Å². The number of halogens is 1. The zero-order valence-corrected chi connectivity index (χ0v) is 15.4. The highest BCUT2D eigenvalue weighted by molar-refractivity contribution is 5.96. The summed E-state index contributed by atoms with van der Waals surface area (Å²) in [6.07, 6.45) is 3.36. The quantitative estimate of drug-likeness (QED) is 0.760. The van der Waals surface area contributed by atoms with E-state index in [4.69, 9.17) is 5.73 Å². The van der Waals surface area contributed by atoms with Gasteiger partial charge in [-0.15, -0.1) is 12.4 Å². The van der Waals surface area contributed by atoms with Gasteiger partial charge in [-0.2, -0.15) is 0 Å². The third-order valence-electron chi connectivity index (χ3n) is 4.59. The molecule has 0 aliphatic heterocycles. The Morgan fingerprint density at radius 1 is 1.21 bits per heavy atom. The van der Waals surface area contributed by atoms with Gasteiger partial charge in [0.25, 0.3) is 5.91 Å². The van der Waals surface area contributed by atoms with Gasteiger partial charge in [0.2, 0.25) is 5.91 Å². The smallest absolute Gasteiger partial charge is 0.251 e. The molecule has 1 saturated carbocycles. The lowest BCUT2D eigenvalue weighted by molar-refractivity contribution is -0.119. The molecule has 134 valence electrons. The SMILES string of the molecule is CCC(C)(C)NC(=O)c1ccc(NC(=O)C2CCC(N)C2)cc1.Cl. The molecule has 1 aromatic rings. The predicted molar refractivity (Wildman–Crippen MR) is 99.5 cm³/mol. The van der Waals surface area contributed by atoms with Crippen LogP contribution in [0.1, 0.15) is 56.8 Å². The molecular formula is C18H28ClN3O2. The van der Waals surface area contributed by atoms with Crippen molar-refractivity contribution in [1.82, 2.24) is 5.32 Å². The fourth-order valence-electron chi connectivity index (χ4n) is 2.67. The number of amides is 2. The molecule has 2 rings (SSSR count). The molecule has 0 aromatic heterocycles. The van der Waals surface area contributed by atoms with Crippen molar-refractivity contribution in [2.45, 2.75) is 58.0 Å². The highest BCUT2D eigenvalue weighted by Crippen LogP contribution is 2.25. The number of carbonyl (C=O) groups is 2. The minimum absolute atomic E-state index is 0. The van der Waals surface area contributed by atoms with Crippen LogP contribution < -0.4 is 16.4 Å². The Kier molecular flexibility index (Phi) is 7.24. The summed E-state index contributed by atoms with van der Waals surface area (Å²) in [7, 11) is 0. The van der Waals surface area contributed by atoms with E-state index in [0.717, 1.165) is 25.7 Å². The van der Waals surface area contributed by atoms with Crippen molar-refractivity contribution < 1.29 is 9.59 Å². The monoisotopic (exact) mass is 353 g/mol. The first-order chi connectivity index (χ1) is 10.8. The van der Waals surface area contributed by atoms with Crippen molar-refractivity contribution in [1.29, 1.82) is 0 Å². The Balaban J connectivity index is 0.00000288. The molecule has 0 saturated heterocycles. The number of anilines is 1. The number of nitrogens with one attached hydrogen (secondary N) is 2. The first-order valence-corrected chi connectivity index (χ1v) is 8.30. The lowest BCUT2D eigenvalue weighted by atomic mass is 10.0. The van der Waals surface area contributed by atoms with Crippen molar-refractivity contribution in [2.24, 2.45) is 11.7 Å². The van der Waals surface area contributed by atoms with Crippen LogP contribution in [0, 0.1) is 5.92 Å². The highest BCUT2D eigenvalue weighted by atomic mass is 35.5. The van der Waals surface area contributed by atoms with E-state index in [0.29, 0.717) is 11.3 Å². The Hall–Kier alpha value is -1.59. The van der Waals surface area contributed by atoms with Crippen LogP contribution in [0.4, 0.5) is 5.69 Å². The summed E-state index contributed by atoms with van der Waals surface area (Å²) in [6, 6.07) is 7.13. The zero-order chi connectivity index (χ0) is 17.0. The van der Waals surface area contributed by atoms with Gasteiger partial charge in [-0.3, -0.25) is 9.59 Å². The first-order valence-electron chi connectivity index (χ1n) is 8.30. The maximum absolute atomic E-state index is 12.2. The molecule has 1 aliphatic carbocycles. The van der Waals surface area contributed by atoms with Gasteiger partial charge in [-0.1, -0.05) is 6.92 Å². The van der Waals surface area contributed by atoms with Crippen molar-refractivity contribution in [3.8, 4) is 0 Å². The van der Waals surface area contributed by atoms with Crippen molar-refractivity contribution in [3.05, 3.63) is 29.8 Å². The molecule has 2 atom stereocenters. The summed E-state index contributed by atoms with van der Waals surface area (Å²) in [5, 5.41) is 5.90. The van der Waals surface area contributed by atoms with Crippen LogP contribution in [-0.4, -0.2) is 23.4 Å². The van der Waals surface area contributed by atoms with Gasteiger partial charge in [0.05, 0.1) is 0 Å². The number of rotatable bonds is 5. The lowest BCUT2D eigenvalue weighted by Crippen LogP contribution is -2.42. The number of hydrogen-bond donors (Lipinski definition) is 3. The third-order valence-corrected chi connectivity index (χ3v) is 4.59. The van der Waals surface area contributed by atoms with E-state index in [1.807, 2.05) is 20.8 Å². The van der Waals surface area contributed by atoms with Crippen LogP contribution in [0.5, 0.6) is 0 Å². The van der Waals surface area contributed by atoms with Gasteiger partial charge in [0.1, 0.15) is 0 Å². The molecule has 0 bridgehead atoms. The molecule has 2 amide bonds. The van der Waals surface area contributed by atoms with E-state index in [-0.39, 0.29) is 41.7 Å². The Labute approximate surface area is 150 Å². The van der Waals surface area contributed by atoms with Gasteiger partial charge < -0.3 is 16.4 Å².